The van der Waals surface area contributed by atoms with Crippen LogP contribution in [0, 0.1) is 6.92 Å². The summed E-state index contributed by atoms with van der Waals surface area (Å²) >= 11 is 5.88. The third-order valence-corrected chi connectivity index (χ3v) is 4.62. The number of carbonyl (C=O) groups excluding carboxylic acids is 1. The second kappa shape index (κ2) is 9.81. The highest BCUT2D eigenvalue weighted by Crippen LogP contribution is 2.18. The molecule has 0 aliphatic carbocycles. The molecule has 28 heavy (non-hydrogen) atoms. The predicted molar refractivity (Wildman–Crippen MR) is 114 cm³/mol. The van der Waals surface area contributed by atoms with E-state index in [0.717, 1.165) is 22.6 Å². The van der Waals surface area contributed by atoms with Crippen molar-refractivity contribution in [3.8, 4) is 5.75 Å². The minimum absolute atomic E-state index is 0.0497. The van der Waals surface area contributed by atoms with Gasteiger partial charge in [0, 0.05) is 17.3 Å². The van der Waals surface area contributed by atoms with Crippen LogP contribution >= 0.6 is 11.6 Å². The maximum atomic E-state index is 12.0. The Bertz CT molecular complexity index is 909. The summed E-state index contributed by atoms with van der Waals surface area (Å²) in [5, 5.41) is 6.76. The van der Waals surface area contributed by atoms with Crippen molar-refractivity contribution in [1.82, 2.24) is 5.32 Å². The van der Waals surface area contributed by atoms with Gasteiger partial charge in [0.1, 0.15) is 12.4 Å². The number of hydrogen-bond acceptors (Lipinski definition) is 3. The Hall–Kier alpha value is -2.98. The van der Waals surface area contributed by atoms with Crippen molar-refractivity contribution < 1.29 is 9.53 Å². The largest absolute Gasteiger partial charge is 0.489 e. The van der Waals surface area contributed by atoms with Crippen molar-refractivity contribution in [1.29, 1.82) is 0 Å². The average molecular weight is 395 g/mol. The molecule has 0 saturated carbocycles. The number of hydrogen-bond donors (Lipinski definition) is 2. The van der Waals surface area contributed by atoms with Crippen molar-refractivity contribution in [3.63, 3.8) is 0 Å². The van der Waals surface area contributed by atoms with E-state index < -0.39 is 0 Å². The predicted octanol–water partition coefficient (Wildman–Crippen LogP) is 4.96. The van der Waals surface area contributed by atoms with E-state index in [0.29, 0.717) is 18.2 Å². The number of carbonyl (C=O) groups is 1. The van der Waals surface area contributed by atoms with Gasteiger partial charge in [0.05, 0.1) is 6.54 Å². The fraction of sp³-hybridized carbons (Fsp3) is 0.174. The van der Waals surface area contributed by atoms with Gasteiger partial charge in [0.2, 0.25) is 5.91 Å². The van der Waals surface area contributed by atoms with Gasteiger partial charge >= 0.3 is 0 Å². The molecule has 3 aromatic carbocycles. The van der Waals surface area contributed by atoms with Gasteiger partial charge in [0.15, 0.2) is 0 Å². The number of rotatable bonds is 8. The van der Waals surface area contributed by atoms with Gasteiger partial charge in [-0.25, -0.2) is 0 Å². The van der Waals surface area contributed by atoms with E-state index in [1.807, 2.05) is 79.7 Å². The summed E-state index contributed by atoms with van der Waals surface area (Å²) in [5.41, 5.74) is 4.21. The Morgan fingerprint density at radius 3 is 2.39 bits per heavy atom. The van der Waals surface area contributed by atoms with Crippen molar-refractivity contribution in [2.24, 2.45) is 0 Å². The zero-order valence-electron chi connectivity index (χ0n) is 15.7. The van der Waals surface area contributed by atoms with Crippen LogP contribution in [0.5, 0.6) is 5.75 Å². The summed E-state index contributed by atoms with van der Waals surface area (Å²) in [7, 11) is 0. The molecule has 5 heteroatoms. The van der Waals surface area contributed by atoms with Crippen LogP contribution in [0.4, 0.5) is 5.69 Å². The topological polar surface area (TPSA) is 50.4 Å². The van der Waals surface area contributed by atoms with Crippen LogP contribution in [0.25, 0.3) is 0 Å². The molecule has 0 aromatic heterocycles. The molecule has 4 nitrogen and oxygen atoms in total. The molecule has 0 unspecified atom stereocenters. The zero-order valence-corrected chi connectivity index (χ0v) is 16.5. The first kappa shape index (κ1) is 19.8. The molecule has 144 valence electrons. The lowest BCUT2D eigenvalue weighted by atomic mass is 10.1. The van der Waals surface area contributed by atoms with Crippen molar-refractivity contribution in [2.45, 2.75) is 20.1 Å². The fourth-order valence-corrected chi connectivity index (χ4v) is 2.79. The Morgan fingerprint density at radius 1 is 0.964 bits per heavy atom. The van der Waals surface area contributed by atoms with Gasteiger partial charge in [-0.1, -0.05) is 48.0 Å². The molecule has 0 atom stereocenters. The number of benzene rings is 3. The molecule has 0 aliphatic heterocycles. The minimum Gasteiger partial charge on any atom is -0.489 e. The van der Waals surface area contributed by atoms with Crippen LogP contribution in [0.2, 0.25) is 5.02 Å². The highest BCUT2D eigenvalue weighted by atomic mass is 35.5. The van der Waals surface area contributed by atoms with E-state index in [1.165, 1.54) is 5.56 Å². The van der Waals surface area contributed by atoms with Crippen molar-refractivity contribution in [3.05, 3.63) is 94.5 Å². The molecule has 0 aliphatic rings. The lowest BCUT2D eigenvalue weighted by Crippen LogP contribution is -2.29. The Morgan fingerprint density at radius 2 is 1.68 bits per heavy atom. The number of anilines is 1. The van der Waals surface area contributed by atoms with E-state index in [1.54, 1.807) is 0 Å². The minimum atomic E-state index is -0.0497. The first-order valence-corrected chi connectivity index (χ1v) is 9.50. The van der Waals surface area contributed by atoms with Crippen LogP contribution in [0.1, 0.15) is 16.7 Å². The highest BCUT2D eigenvalue weighted by molar-refractivity contribution is 6.30. The number of halogens is 1. The Labute approximate surface area is 170 Å². The molecule has 0 bridgehead atoms. The third-order valence-electron chi connectivity index (χ3n) is 4.36. The molecule has 0 fully saturated rings. The molecule has 0 spiro atoms. The second-order valence-electron chi connectivity index (χ2n) is 6.50. The summed E-state index contributed by atoms with van der Waals surface area (Å²) in [5.74, 6) is 0.718. The summed E-state index contributed by atoms with van der Waals surface area (Å²) in [6.07, 6.45) is 0. The SMILES string of the molecule is Cc1ccccc1CNC(=O)CNc1ccc(OCc2ccc(Cl)cc2)cc1. The molecule has 3 rings (SSSR count). The number of amides is 1. The summed E-state index contributed by atoms with van der Waals surface area (Å²) < 4.78 is 5.76. The molecule has 2 N–H and O–H groups in total. The van der Waals surface area contributed by atoms with E-state index >= 15 is 0 Å². The van der Waals surface area contributed by atoms with E-state index in [4.69, 9.17) is 16.3 Å². The van der Waals surface area contributed by atoms with Crippen LogP contribution in [0.3, 0.4) is 0 Å². The maximum Gasteiger partial charge on any atom is 0.239 e. The van der Waals surface area contributed by atoms with Gasteiger partial charge < -0.3 is 15.4 Å². The smallest absolute Gasteiger partial charge is 0.239 e. The second-order valence-corrected chi connectivity index (χ2v) is 6.93. The van der Waals surface area contributed by atoms with Crippen LogP contribution in [0.15, 0.2) is 72.8 Å². The lowest BCUT2D eigenvalue weighted by molar-refractivity contribution is -0.119. The van der Waals surface area contributed by atoms with E-state index in [9.17, 15) is 4.79 Å². The van der Waals surface area contributed by atoms with E-state index in [2.05, 4.69) is 10.6 Å². The standard InChI is InChI=1S/C23H23ClN2O2/c1-17-4-2-3-5-19(17)14-26-23(27)15-25-21-10-12-22(13-11-21)28-16-18-6-8-20(24)9-7-18/h2-13,25H,14-16H2,1H3,(H,26,27). The molecular formula is C23H23ClN2O2. The summed E-state index contributed by atoms with van der Waals surface area (Å²) in [6.45, 7) is 3.27. The first-order valence-electron chi connectivity index (χ1n) is 9.12. The molecular weight excluding hydrogens is 372 g/mol. The Kier molecular flexibility index (Phi) is 6.93. The lowest BCUT2D eigenvalue weighted by Gasteiger charge is -2.10. The summed E-state index contributed by atoms with van der Waals surface area (Å²) in [6, 6.07) is 23.1. The van der Waals surface area contributed by atoms with Crippen LogP contribution < -0.4 is 15.4 Å². The maximum absolute atomic E-state index is 12.0. The molecule has 3 aromatic rings. The molecule has 0 radical (unpaired) electrons. The van der Waals surface area contributed by atoms with Gasteiger partial charge in [-0.3, -0.25) is 4.79 Å². The monoisotopic (exact) mass is 394 g/mol. The van der Waals surface area contributed by atoms with Crippen molar-refractivity contribution >= 4 is 23.2 Å². The number of nitrogens with one attached hydrogen (secondary N) is 2. The van der Waals surface area contributed by atoms with E-state index in [-0.39, 0.29) is 12.5 Å². The normalized spacial score (nSPS) is 10.4. The molecule has 0 saturated heterocycles. The highest BCUT2D eigenvalue weighted by Gasteiger charge is 2.03. The van der Waals surface area contributed by atoms with Crippen LogP contribution in [-0.4, -0.2) is 12.5 Å². The molecule has 1 amide bonds. The fourth-order valence-electron chi connectivity index (χ4n) is 2.66. The number of ether oxygens (including phenoxy) is 1. The quantitative estimate of drug-likeness (QED) is 0.568. The van der Waals surface area contributed by atoms with Gasteiger partial charge in [0.25, 0.3) is 0 Å². The molecule has 0 heterocycles. The van der Waals surface area contributed by atoms with Gasteiger partial charge in [-0.15, -0.1) is 0 Å². The zero-order chi connectivity index (χ0) is 19.8. The number of aryl methyl sites for hydroxylation is 1. The summed E-state index contributed by atoms with van der Waals surface area (Å²) in [4.78, 5) is 12.0. The van der Waals surface area contributed by atoms with Gasteiger partial charge in [-0.05, 0) is 60.0 Å². The average Bonchev–Trinajstić information content (AvgIpc) is 2.72. The first-order chi connectivity index (χ1) is 13.6. The van der Waals surface area contributed by atoms with Crippen molar-refractivity contribution in [2.75, 3.05) is 11.9 Å². The van der Waals surface area contributed by atoms with Crippen LogP contribution in [-0.2, 0) is 17.9 Å². The Balaban J connectivity index is 1.41. The van der Waals surface area contributed by atoms with Gasteiger partial charge in [-0.2, -0.15) is 0 Å². The third kappa shape index (κ3) is 6.03.